The lowest BCUT2D eigenvalue weighted by molar-refractivity contribution is -0.386. The lowest BCUT2D eigenvalue weighted by Crippen LogP contribution is -1.99. The molecule has 0 unspecified atom stereocenters. The zero-order chi connectivity index (χ0) is 10.6. The van der Waals surface area contributed by atoms with Crippen molar-refractivity contribution in [3.63, 3.8) is 0 Å². The summed E-state index contributed by atoms with van der Waals surface area (Å²) < 4.78 is 17.8. The standard InChI is InChI=1S/C9H10FNO3/c1-2-5-14-9-4-3-7(10)6-8(9)11(12)13/h3-4,6H,2,5H2,1H3. The van der Waals surface area contributed by atoms with E-state index in [0.29, 0.717) is 6.61 Å². The Morgan fingerprint density at radius 3 is 2.86 bits per heavy atom. The highest BCUT2D eigenvalue weighted by atomic mass is 19.1. The van der Waals surface area contributed by atoms with Crippen molar-refractivity contribution in [1.29, 1.82) is 0 Å². The van der Waals surface area contributed by atoms with Gasteiger partial charge in [-0.1, -0.05) is 6.92 Å². The molecule has 0 fully saturated rings. The van der Waals surface area contributed by atoms with Gasteiger partial charge in [-0.15, -0.1) is 0 Å². The number of hydrogen-bond acceptors (Lipinski definition) is 3. The van der Waals surface area contributed by atoms with E-state index in [1.54, 1.807) is 0 Å². The highest BCUT2D eigenvalue weighted by molar-refractivity contribution is 5.46. The van der Waals surface area contributed by atoms with Gasteiger partial charge in [0.2, 0.25) is 0 Å². The molecule has 0 aliphatic rings. The Bertz CT molecular complexity index is 341. The quantitative estimate of drug-likeness (QED) is 0.553. The Morgan fingerprint density at radius 1 is 1.57 bits per heavy atom. The van der Waals surface area contributed by atoms with E-state index in [2.05, 4.69) is 0 Å². The first kappa shape index (κ1) is 10.4. The lowest BCUT2D eigenvalue weighted by atomic mass is 10.3. The number of halogens is 1. The molecule has 0 aromatic heterocycles. The molecule has 0 atom stereocenters. The molecule has 0 aliphatic heterocycles. The predicted molar refractivity (Wildman–Crippen MR) is 48.8 cm³/mol. The number of nitro benzene ring substituents is 1. The van der Waals surface area contributed by atoms with E-state index in [0.717, 1.165) is 18.6 Å². The molecule has 4 nitrogen and oxygen atoms in total. The fraction of sp³-hybridized carbons (Fsp3) is 0.333. The van der Waals surface area contributed by atoms with E-state index >= 15 is 0 Å². The molecule has 0 amide bonds. The van der Waals surface area contributed by atoms with Crippen LogP contribution in [0, 0.1) is 15.9 Å². The molecule has 1 aromatic rings. The van der Waals surface area contributed by atoms with Crippen LogP contribution in [-0.4, -0.2) is 11.5 Å². The van der Waals surface area contributed by atoms with Crippen molar-refractivity contribution in [2.75, 3.05) is 6.61 Å². The third kappa shape index (κ3) is 2.42. The Kier molecular flexibility index (Phi) is 3.39. The van der Waals surface area contributed by atoms with E-state index in [9.17, 15) is 14.5 Å². The van der Waals surface area contributed by atoms with Gasteiger partial charge in [0.1, 0.15) is 5.82 Å². The summed E-state index contributed by atoms with van der Waals surface area (Å²) >= 11 is 0. The molecule has 1 aromatic carbocycles. The predicted octanol–water partition coefficient (Wildman–Crippen LogP) is 2.52. The molecule has 76 valence electrons. The molecule has 14 heavy (non-hydrogen) atoms. The van der Waals surface area contributed by atoms with Gasteiger partial charge in [-0.2, -0.15) is 0 Å². The van der Waals surface area contributed by atoms with Crippen LogP contribution in [-0.2, 0) is 0 Å². The third-order valence-corrected chi connectivity index (χ3v) is 1.58. The van der Waals surface area contributed by atoms with Gasteiger partial charge in [0.05, 0.1) is 17.6 Å². The van der Waals surface area contributed by atoms with Gasteiger partial charge in [0, 0.05) is 0 Å². The van der Waals surface area contributed by atoms with Gasteiger partial charge in [0.25, 0.3) is 0 Å². The summed E-state index contributed by atoms with van der Waals surface area (Å²) in [5.41, 5.74) is -0.335. The van der Waals surface area contributed by atoms with Gasteiger partial charge in [0.15, 0.2) is 5.75 Å². The highest BCUT2D eigenvalue weighted by Gasteiger charge is 2.15. The summed E-state index contributed by atoms with van der Waals surface area (Å²) in [6, 6.07) is 3.26. The van der Waals surface area contributed by atoms with Crippen LogP contribution in [0.3, 0.4) is 0 Å². The third-order valence-electron chi connectivity index (χ3n) is 1.58. The lowest BCUT2D eigenvalue weighted by Gasteiger charge is -2.04. The first-order valence-electron chi connectivity index (χ1n) is 4.22. The van der Waals surface area contributed by atoms with E-state index in [1.165, 1.54) is 6.07 Å². The van der Waals surface area contributed by atoms with Gasteiger partial charge in [-0.3, -0.25) is 10.1 Å². The molecule has 0 spiro atoms. The molecule has 0 N–H and O–H groups in total. The molecule has 1 rings (SSSR count). The number of ether oxygens (including phenoxy) is 1. The minimum absolute atomic E-state index is 0.109. The first-order valence-corrected chi connectivity index (χ1v) is 4.22. The topological polar surface area (TPSA) is 52.4 Å². The summed E-state index contributed by atoms with van der Waals surface area (Å²) in [5, 5.41) is 10.5. The SMILES string of the molecule is CCCOc1ccc(F)cc1[N+](=O)[O-]. The van der Waals surface area contributed by atoms with Crippen LogP contribution in [0.25, 0.3) is 0 Å². The van der Waals surface area contributed by atoms with Crippen LogP contribution in [0.1, 0.15) is 13.3 Å². The number of nitro groups is 1. The smallest absolute Gasteiger partial charge is 0.313 e. The van der Waals surface area contributed by atoms with E-state index in [-0.39, 0.29) is 11.4 Å². The normalized spacial score (nSPS) is 9.86. The summed E-state index contributed by atoms with van der Waals surface area (Å²) in [5.74, 6) is -0.529. The fourth-order valence-electron chi connectivity index (χ4n) is 0.967. The van der Waals surface area contributed by atoms with Crippen LogP contribution in [0.5, 0.6) is 5.75 Å². The largest absolute Gasteiger partial charge is 0.487 e. The van der Waals surface area contributed by atoms with E-state index in [1.807, 2.05) is 6.92 Å². The molecule has 0 bridgehead atoms. The molecular formula is C9H10FNO3. The second-order valence-corrected chi connectivity index (χ2v) is 2.72. The number of nitrogens with zero attached hydrogens (tertiary/aromatic N) is 1. The second-order valence-electron chi connectivity index (χ2n) is 2.72. The minimum atomic E-state index is -0.659. The number of rotatable bonds is 4. The molecule has 5 heteroatoms. The van der Waals surface area contributed by atoms with Gasteiger partial charge >= 0.3 is 5.69 Å². The van der Waals surface area contributed by atoms with Gasteiger partial charge < -0.3 is 4.74 Å². The molecule has 0 heterocycles. The molecule has 0 saturated heterocycles. The fourth-order valence-corrected chi connectivity index (χ4v) is 0.967. The van der Waals surface area contributed by atoms with Crippen molar-refractivity contribution < 1.29 is 14.1 Å². The maximum atomic E-state index is 12.7. The van der Waals surface area contributed by atoms with Crippen molar-refractivity contribution >= 4 is 5.69 Å². The summed E-state index contributed by atoms with van der Waals surface area (Å²) in [7, 11) is 0. The maximum absolute atomic E-state index is 12.7. The van der Waals surface area contributed by atoms with Crippen molar-refractivity contribution in [2.24, 2.45) is 0 Å². The molecule has 0 aliphatic carbocycles. The molecule has 0 radical (unpaired) electrons. The van der Waals surface area contributed by atoms with Gasteiger partial charge in [-0.25, -0.2) is 4.39 Å². The van der Waals surface area contributed by atoms with Crippen molar-refractivity contribution in [3.05, 3.63) is 34.1 Å². The second kappa shape index (κ2) is 4.55. The van der Waals surface area contributed by atoms with Crippen molar-refractivity contribution in [3.8, 4) is 5.75 Å². The van der Waals surface area contributed by atoms with E-state index in [4.69, 9.17) is 4.74 Å². The highest BCUT2D eigenvalue weighted by Crippen LogP contribution is 2.27. The Hall–Kier alpha value is -1.65. The molecule has 0 saturated carbocycles. The number of benzene rings is 1. The zero-order valence-electron chi connectivity index (χ0n) is 7.70. The number of hydrogen-bond donors (Lipinski definition) is 0. The Labute approximate surface area is 80.5 Å². The summed E-state index contributed by atoms with van der Waals surface area (Å²) in [4.78, 5) is 9.84. The summed E-state index contributed by atoms with van der Waals surface area (Å²) in [6.45, 7) is 2.27. The average molecular weight is 199 g/mol. The first-order chi connectivity index (χ1) is 6.65. The van der Waals surface area contributed by atoms with Crippen LogP contribution < -0.4 is 4.74 Å². The minimum Gasteiger partial charge on any atom is -0.487 e. The monoisotopic (exact) mass is 199 g/mol. The van der Waals surface area contributed by atoms with Crippen LogP contribution in [0.15, 0.2) is 18.2 Å². The Morgan fingerprint density at radius 2 is 2.29 bits per heavy atom. The Balaban J connectivity index is 2.96. The van der Waals surface area contributed by atoms with Gasteiger partial charge in [-0.05, 0) is 18.6 Å². The molecular weight excluding hydrogens is 189 g/mol. The average Bonchev–Trinajstić information content (AvgIpc) is 2.15. The zero-order valence-corrected chi connectivity index (χ0v) is 7.70. The van der Waals surface area contributed by atoms with Crippen molar-refractivity contribution in [2.45, 2.75) is 13.3 Å². The van der Waals surface area contributed by atoms with E-state index < -0.39 is 10.7 Å². The van der Waals surface area contributed by atoms with Crippen LogP contribution in [0.4, 0.5) is 10.1 Å². The summed E-state index contributed by atoms with van der Waals surface area (Å²) in [6.07, 6.45) is 0.745. The van der Waals surface area contributed by atoms with Crippen LogP contribution >= 0.6 is 0 Å². The van der Waals surface area contributed by atoms with Crippen molar-refractivity contribution in [1.82, 2.24) is 0 Å². The van der Waals surface area contributed by atoms with Crippen LogP contribution in [0.2, 0.25) is 0 Å². The maximum Gasteiger partial charge on any atom is 0.313 e.